The number of unbranched alkanes of at least 4 members (excludes halogenated alkanes) is 3. The van der Waals surface area contributed by atoms with Crippen molar-refractivity contribution >= 4 is 35.5 Å². The molecular formula is C33H48ClN3O12. The molecule has 0 aromatic heterocycles. The first-order valence-corrected chi connectivity index (χ1v) is 16.3. The van der Waals surface area contributed by atoms with Gasteiger partial charge in [0.25, 0.3) is 5.79 Å². The highest BCUT2D eigenvalue weighted by molar-refractivity contribution is 6.30. The Morgan fingerprint density at radius 2 is 1.71 bits per heavy atom. The minimum Gasteiger partial charge on any atom is -0.477 e. The summed E-state index contributed by atoms with van der Waals surface area (Å²) in [5.41, 5.74) is -0.195. The Morgan fingerprint density at radius 1 is 1.06 bits per heavy atom. The second-order valence-electron chi connectivity index (χ2n) is 12.5. The molecular weight excluding hydrogens is 666 g/mol. The van der Waals surface area contributed by atoms with Gasteiger partial charge in [0, 0.05) is 24.6 Å². The van der Waals surface area contributed by atoms with Crippen LogP contribution in [-0.2, 0) is 39.8 Å². The van der Waals surface area contributed by atoms with Crippen LogP contribution >= 0.6 is 11.6 Å². The average molecular weight is 714 g/mol. The van der Waals surface area contributed by atoms with Gasteiger partial charge in [-0.3, -0.25) is 9.59 Å². The number of carboxylic acid groups (broad SMARTS) is 1. The SMILES string of the molecule is C#CCOCCCCCCO[C@]1(C(=O)O)C[C@H](O)[C@@H](NC(=O)CNC(=O)OC(C)(C)C)[C@H]([C@H](O)[C@H](O)CNC(=O)Cc2ccc(Cl)cc2)O1. The van der Waals surface area contributed by atoms with Crippen molar-refractivity contribution in [2.45, 2.75) is 101 Å². The molecule has 1 aromatic carbocycles. The topological polar surface area (TPSA) is 222 Å². The van der Waals surface area contributed by atoms with E-state index < -0.39 is 85.2 Å². The number of hydrogen-bond acceptors (Lipinski definition) is 11. The quantitative estimate of drug-likeness (QED) is 0.0785. The van der Waals surface area contributed by atoms with Crippen LogP contribution in [0.3, 0.4) is 0 Å². The van der Waals surface area contributed by atoms with Crippen molar-refractivity contribution in [3.63, 3.8) is 0 Å². The molecule has 0 bridgehead atoms. The van der Waals surface area contributed by atoms with Crippen LogP contribution in [0.15, 0.2) is 24.3 Å². The lowest BCUT2D eigenvalue weighted by Gasteiger charge is -2.46. The van der Waals surface area contributed by atoms with E-state index in [0.717, 1.165) is 12.8 Å². The standard InChI is InChI=1S/C33H48ClN3O12/c1-5-14-46-15-8-6-7-9-16-47-33(30(43)44)18-23(38)27(37-26(41)20-36-31(45)49-32(2,3)4)29(48-33)28(42)24(39)19-35-25(40)17-21-10-12-22(34)13-11-21/h1,10-13,23-24,27-29,38-39,42H,6-9,14-20H2,2-4H3,(H,35,40)(H,36,45)(H,37,41)(H,43,44)/t23-,24+,27+,28+,29+,33+/m0/s1. The fraction of sp³-hybridized carbons (Fsp3) is 0.636. The second kappa shape index (κ2) is 20.2. The van der Waals surface area contributed by atoms with Crippen molar-refractivity contribution in [2.75, 3.05) is 32.9 Å². The van der Waals surface area contributed by atoms with Crippen LogP contribution in [0, 0.1) is 12.3 Å². The summed E-state index contributed by atoms with van der Waals surface area (Å²) in [6.07, 6.45) is -0.985. The number of benzene rings is 1. The van der Waals surface area contributed by atoms with Gasteiger partial charge in [-0.2, -0.15) is 0 Å². The molecule has 1 saturated heterocycles. The number of aliphatic hydroxyl groups is 3. The molecule has 274 valence electrons. The van der Waals surface area contributed by atoms with Gasteiger partial charge in [0.1, 0.15) is 31.0 Å². The Bertz CT molecular complexity index is 1270. The van der Waals surface area contributed by atoms with Gasteiger partial charge >= 0.3 is 12.1 Å². The number of alkyl carbamates (subject to hydrolysis) is 1. The van der Waals surface area contributed by atoms with E-state index in [9.17, 15) is 39.6 Å². The van der Waals surface area contributed by atoms with Gasteiger partial charge in [0.05, 0.1) is 31.3 Å². The molecule has 3 amide bonds. The Kier molecular flexibility index (Phi) is 17.2. The number of aliphatic hydroxyl groups excluding tert-OH is 3. The normalized spacial score (nSPS) is 21.9. The number of carbonyl (C=O) groups excluding carboxylic acids is 3. The molecule has 15 nitrogen and oxygen atoms in total. The number of nitrogens with one attached hydrogen (secondary N) is 3. The minimum atomic E-state index is -2.45. The molecule has 0 saturated carbocycles. The van der Waals surface area contributed by atoms with E-state index in [0.29, 0.717) is 30.0 Å². The molecule has 6 atom stereocenters. The fourth-order valence-corrected chi connectivity index (χ4v) is 4.98. The molecule has 0 radical (unpaired) electrons. The van der Waals surface area contributed by atoms with Crippen molar-refractivity contribution in [3.05, 3.63) is 34.9 Å². The summed E-state index contributed by atoms with van der Waals surface area (Å²) in [6.45, 7) is 4.41. The number of hydrogen-bond donors (Lipinski definition) is 7. The predicted octanol–water partition coefficient (Wildman–Crippen LogP) is 0.888. The molecule has 7 N–H and O–H groups in total. The van der Waals surface area contributed by atoms with E-state index in [2.05, 4.69) is 21.9 Å². The van der Waals surface area contributed by atoms with Gasteiger partial charge < -0.3 is 55.3 Å². The summed E-state index contributed by atoms with van der Waals surface area (Å²) < 4.78 is 21.8. The largest absolute Gasteiger partial charge is 0.477 e. The number of carboxylic acids is 1. The van der Waals surface area contributed by atoms with E-state index in [1.807, 2.05) is 0 Å². The van der Waals surface area contributed by atoms with Crippen LogP contribution in [0.5, 0.6) is 0 Å². The number of aliphatic carboxylic acids is 1. The molecule has 0 spiro atoms. The van der Waals surface area contributed by atoms with Crippen molar-refractivity contribution in [1.82, 2.24) is 16.0 Å². The molecule has 49 heavy (non-hydrogen) atoms. The number of terminal acetylenes is 1. The van der Waals surface area contributed by atoms with Crippen LogP contribution < -0.4 is 16.0 Å². The van der Waals surface area contributed by atoms with Gasteiger partial charge in [0.2, 0.25) is 11.8 Å². The zero-order valence-corrected chi connectivity index (χ0v) is 28.7. The number of ether oxygens (including phenoxy) is 4. The van der Waals surface area contributed by atoms with Crippen molar-refractivity contribution in [1.29, 1.82) is 0 Å². The minimum absolute atomic E-state index is 0.0597. The maximum absolute atomic E-state index is 12.8. The molecule has 0 aliphatic carbocycles. The molecule has 1 heterocycles. The van der Waals surface area contributed by atoms with Gasteiger partial charge in [-0.15, -0.1) is 6.42 Å². The van der Waals surface area contributed by atoms with Gasteiger partial charge in [0.15, 0.2) is 0 Å². The molecule has 1 aliphatic rings. The summed E-state index contributed by atoms with van der Waals surface area (Å²) in [5.74, 6) is -3.02. The third kappa shape index (κ3) is 14.9. The fourth-order valence-electron chi connectivity index (χ4n) is 4.86. The summed E-state index contributed by atoms with van der Waals surface area (Å²) in [4.78, 5) is 49.8. The number of halogens is 1. The Labute approximate surface area is 291 Å². The third-order valence-corrected chi connectivity index (χ3v) is 7.49. The average Bonchev–Trinajstić information content (AvgIpc) is 3.02. The highest BCUT2D eigenvalue weighted by Crippen LogP contribution is 2.34. The predicted molar refractivity (Wildman–Crippen MR) is 176 cm³/mol. The summed E-state index contributed by atoms with van der Waals surface area (Å²) in [5, 5.41) is 51.0. The molecule has 16 heteroatoms. The Hall–Kier alpha value is -3.49. The van der Waals surface area contributed by atoms with E-state index in [1.54, 1.807) is 45.0 Å². The highest BCUT2D eigenvalue weighted by Gasteiger charge is 2.55. The maximum atomic E-state index is 12.8. The molecule has 1 aliphatic heterocycles. The van der Waals surface area contributed by atoms with Crippen molar-refractivity contribution in [2.24, 2.45) is 0 Å². The molecule has 1 fully saturated rings. The van der Waals surface area contributed by atoms with Crippen LogP contribution in [-0.4, -0.2) is 119 Å². The first-order valence-electron chi connectivity index (χ1n) is 15.9. The van der Waals surface area contributed by atoms with Crippen LogP contribution in [0.2, 0.25) is 5.02 Å². The Morgan fingerprint density at radius 3 is 2.33 bits per heavy atom. The van der Waals surface area contributed by atoms with Crippen LogP contribution in [0.4, 0.5) is 4.79 Å². The smallest absolute Gasteiger partial charge is 0.408 e. The van der Waals surface area contributed by atoms with Crippen LogP contribution in [0.1, 0.15) is 58.4 Å². The summed E-state index contributed by atoms with van der Waals surface area (Å²) >= 11 is 5.88. The number of carbonyl (C=O) groups is 4. The van der Waals surface area contributed by atoms with Crippen molar-refractivity contribution in [3.8, 4) is 12.3 Å². The zero-order chi connectivity index (χ0) is 36.6. The molecule has 1 aromatic rings. The van der Waals surface area contributed by atoms with Crippen LogP contribution in [0.25, 0.3) is 0 Å². The molecule has 2 rings (SSSR count). The van der Waals surface area contributed by atoms with E-state index in [-0.39, 0.29) is 19.6 Å². The summed E-state index contributed by atoms with van der Waals surface area (Å²) in [7, 11) is 0. The van der Waals surface area contributed by atoms with Gasteiger partial charge in [-0.1, -0.05) is 42.5 Å². The number of rotatable bonds is 19. The zero-order valence-electron chi connectivity index (χ0n) is 28.0. The lowest BCUT2D eigenvalue weighted by atomic mass is 9.88. The highest BCUT2D eigenvalue weighted by atomic mass is 35.5. The third-order valence-electron chi connectivity index (χ3n) is 7.24. The van der Waals surface area contributed by atoms with Crippen molar-refractivity contribution < 1.29 is 58.6 Å². The van der Waals surface area contributed by atoms with E-state index in [1.165, 1.54) is 0 Å². The molecule has 0 unspecified atom stereocenters. The number of amides is 3. The van der Waals surface area contributed by atoms with E-state index in [4.69, 9.17) is 37.0 Å². The maximum Gasteiger partial charge on any atom is 0.408 e. The lowest BCUT2D eigenvalue weighted by Crippen LogP contribution is -2.68. The van der Waals surface area contributed by atoms with Gasteiger partial charge in [-0.05, 0) is 51.3 Å². The second-order valence-corrected chi connectivity index (χ2v) is 13.0. The van der Waals surface area contributed by atoms with E-state index >= 15 is 0 Å². The lowest BCUT2D eigenvalue weighted by molar-refractivity contribution is -0.310. The van der Waals surface area contributed by atoms with Gasteiger partial charge in [-0.25, -0.2) is 9.59 Å². The first kappa shape index (κ1) is 41.7. The first-order chi connectivity index (χ1) is 23.1. The summed E-state index contributed by atoms with van der Waals surface area (Å²) in [6, 6.07) is 5.05. The Balaban J connectivity index is 2.14. The monoisotopic (exact) mass is 713 g/mol.